The van der Waals surface area contributed by atoms with Gasteiger partial charge in [0.2, 0.25) is 0 Å². The highest BCUT2D eigenvalue weighted by Crippen LogP contribution is 2.50. The molecule has 0 N–H and O–H groups in total. The Bertz CT molecular complexity index is 188. The van der Waals surface area contributed by atoms with Gasteiger partial charge in [0, 0.05) is 0 Å². The van der Waals surface area contributed by atoms with E-state index in [4.69, 9.17) is 4.52 Å². The molecule has 0 saturated heterocycles. The second-order valence-corrected chi connectivity index (χ2v) is 5.65. The van der Waals surface area contributed by atoms with Crippen LogP contribution in [0.1, 0.15) is 45.4 Å². The van der Waals surface area contributed by atoms with Gasteiger partial charge in [-0.25, -0.2) is 0 Å². The largest absolute Gasteiger partial charge is 0.367 e. The molecule has 4 heteroatoms. The second kappa shape index (κ2) is 5.11. The van der Waals surface area contributed by atoms with Crippen molar-refractivity contribution < 1.29 is 13.3 Å². The Balaban J connectivity index is 2.38. The summed E-state index contributed by atoms with van der Waals surface area (Å²) in [5, 5.41) is 0. The Morgan fingerprint density at radius 1 is 1.31 bits per heavy atom. The first-order valence-corrected chi connectivity index (χ1v) is 6.81. The summed E-state index contributed by atoms with van der Waals surface area (Å²) < 4.78 is 29.1. The van der Waals surface area contributed by atoms with E-state index in [-0.39, 0.29) is 12.3 Å². The molecule has 1 aliphatic rings. The fourth-order valence-corrected chi connectivity index (χ4v) is 2.45. The summed E-state index contributed by atoms with van der Waals surface area (Å²) in [6.45, 7) is 1.57. The standard InChI is InChI=1S/C9H18FO2P/c1-2-13(10,11)12-9-7-5-3-4-6-8-9/h9H,2-8H2,1H3. The lowest BCUT2D eigenvalue weighted by molar-refractivity contribution is 0.172. The van der Waals surface area contributed by atoms with Gasteiger partial charge in [0.05, 0.1) is 12.3 Å². The molecule has 0 aromatic carbocycles. The fourth-order valence-electron chi connectivity index (χ4n) is 1.64. The van der Waals surface area contributed by atoms with Crippen LogP contribution in [0.4, 0.5) is 4.20 Å². The topological polar surface area (TPSA) is 26.3 Å². The zero-order valence-corrected chi connectivity index (χ0v) is 9.06. The first-order valence-electron chi connectivity index (χ1n) is 5.11. The molecule has 0 aromatic heterocycles. The van der Waals surface area contributed by atoms with Gasteiger partial charge < -0.3 is 4.52 Å². The van der Waals surface area contributed by atoms with E-state index in [1.165, 1.54) is 12.8 Å². The van der Waals surface area contributed by atoms with Gasteiger partial charge in [-0.3, -0.25) is 4.57 Å². The molecule has 78 valence electrons. The lowest BCUT2D eigenvalue weighted by Crippen LogP contribution is -2.09. The Hall–Kier alpha value is 0.120. The summed E-state index contributed by atoms with van der Waals surface area (Å²) in [4.78, 5) is 0. The first kappa shape index (κ1) is 11.2. The molecule has 13 heavy (non-hydrogen) atoms. The highest BCUT2D eigenvalue weighted by molar-refractivity contribution is 7.53. The summed E-state index contributed by atoms with van der Waals surface area (Å²) in [6, 6.07) is 0. The Labute approximate surface area is 79.4 Å². The van der Waals surface area contributed by atoms with Crippen molar-refractivity contribution in [3.63, 3.8) is 0 Å². The molecule has 1 saturated carbocycles. The smallest absolute Gasteiger partial charge is 0.302 e. The molecule has 1 fully saturated rings. The zero-order chi connectivity index (χ0) is 9.73. The summed E-state index contributed by atoms with van der Waals surface area (Å²) in [7, 11) is -3.76. The molecule has 1 atom stereocenters. The monoisotopic (exact) mass is 208 g/mol. The first-order chi connectivity index (χ1) is 6.14. The van der Waals surface area contributed by atoms with Gasteiger partial charge >= 0.3 is 7.68 Å². The number of hydrogen-bond acceptors (Lipinski definition) is 2. The van der Waals surface area contributed by atoms with Gasteiger partial charge in [0.15, 0.2) is 0 Å². The van der Waals surface area contributed by atoms with Gasteiger partial charge in [-0.1, -0.05) is 32.6 Å². The van der Waals surface area contributed by atoms with Crippen LogP contribution in [0.3, 0.4) is 0 Å². The quantitative estimate of drug-likeness (QED) is 0.519. The third-order valence-electron chi connectivity index (χ3n) is 2.49. The summed E-state index contributed by atoms with van der Waals surface area (Å²) in [6.07, 6.45) is 6.19. The van der Waals surface area contributed by atoms with Crippen molar-refractivity contribution in [2.45, 2.75) is 51.6 Å². The van der Waals surface area contributed by atoms with E-state index in [2.05, 4.69) is 0 Å². The molecule has 0 aromatic rings. The van der Waals surface area contributed by atoms with Crippen molar-refractivity contribution in [3.05, 3.63) is 0 Å². The van der Waals surface area contributed by atoms with E-state index in [0.29, 0.717) is 0 Å². The summed E-state index contributed by atoms with van der Waals surface area (Å²) >= 11 is 0. The molecular formula is C9H18FO2P. The number of hydrogen-bond donors (Lipinski definition) is 0. The van der Waals surface area contributed by atoms with Crippen LogP contribution in [-0.2, 0) is 9.09 Å². The van der Waals surface area contributed by atoms with Crippen LogP contribution >= 0.6 is 7.68 Å². The lowest BCUT2D eigenvalue weighted by atomic mass is 10.2. The van der Waals surface area contributed by atoms with Crippen LogP contribution in [0, 0.1) is 0 Å². The maximum absolute atomic E-state index is 13.1. The van der Waals surface area contributed by atoms with Crippen LogP contribution in [0.2, 0.25) is 0 Å². The van der Waals surface area contributed by atoms with Crippen LogP contribution in [0.15, 0.2) is 0 Å². The normalized spacial score (nSPS) is 25.1. The summed E-state index contributed by atoms with van der Waals surface area (Å²) in [5.74, 6) is 0. The molecule has 2 nitrogen and oxygen atoms in total. The van der Waals surface area contributed by atoms with Crippen molar-refractivity contribution in [2.75, 3.05) is 6.16 Å². The molecule has 1 rings (SSSR count). The van der Waals surface area contributed by atoms with Crippen LogP contribution in [-0.4, -0.2) is 12.3 Å². The third-order valence-corrected chi connectivity index (χ3v) is 3.85. The van der Waals surface area contributed by atoms with E-state index < -0.39 is 7.68 Å². The molecular weight excluding hydrogens is 190 g/mol. The highest BCUT2D eigenvalue weighted by Gasteiger charge is 2.25. The number of rotatable bonds is 3. The molecule has 0 heterocycles. The van der Waals surface area contributed by atoms with Gasteiger partial charge in [0.25, 0.3) is 0 Å². The Morgan fingerprint density at radius 3 is 2.31 bits per heavy atom. The summed E-state index contributed by atoms with van der Waals surface area (Å²) in [5.41, 5.74) is 0. The average Bonchev–Trinajstić information content (AvgIpc) is 2.32. The van der Waals surface area contributed by atoms with Crippen LogP contribution in [0.5, 0.6) is 0 Å². The third kappa shape index (κ3) is 4.24. The highest BCUT2D eigenvalue weighted by atomic mass is 31.2. The molecule has 0 bridgehead atoms. The zero-order valence-electron chi connectivity index (χ0n) is 8.17. The van der Waals surface area contributed by atoms with E-state index in [1.807, 2.05) is 0 Å². The van der Waals surface area contributed by atoms with E-state index in [0.717, 1.165) is 25.7 Å². The predicted molar refractivity (Wildman–Crippen MR) is 51.8 cm³/mol. The van der Waals surface area contributed by atoms with E-state index in [9.17, 15) is 8.76 Å². The van der Waals surface area contributed by atoms with Gasteiger partial charge in [-0.05, 0) is 12.8 Å². The van der Waals surface area contributed by atoms with E-state index >= 15 is 0 Å². The van der Waals surface area contributed by atoms with Crippen molar-refractivity contribution >= 4 is 7.68 Å². The second-order valence-electron chi connectivity index (χ2n) is 3.63. The van der Waals surface area contributed by atoms with Gasteiger partial charge in [-0.2, -0.15) is 4.20 Å². The molecule has 0 radical (unpaired) electrons. The average molecular weight is 208 g/mol. The van der Waals surface area contributed by atoms with E-state index in [1.54, 1.807) is 6.92 Å². The molecule has 0 spiro atoms. The van der Waals surface area contributed by atoms with Crippen LogP contribution < -0.4 is 0 Å². The van der Waals surface area contributed by atoms with Crippen molar-refractivity contribution in [2.24, 2.45) is 0 Å². The molecule has 1 aliphatic carbocycles. The SMILES string of the molecule is CCP(=O)(F)OC1CCCCCC1. The van der Waals surface area contributed by atoms with Gasteiger partial charge in [-0.15, -0.1) is 0 Å². The Morgan fingerprint density at radius 2 is 1.85 bits per heavy atom. The molecule has 0 amide bonds. The molecule has 1 unspecified atom stereocenters. The molecule has 0 aliphatic heterocycles. The van der Waals surface area contributed by atoms with Gasteiger partial charge in [0.1, 0.15) is 0 Å². The van der Waals surface area contributed by atoms with Crippen molar-refractivity contribution in [3.8, 4) is 0 Å². The lowest BCUT2D eigenvalue weighted by Gasteiger charge is -2.16. The maximum atomic E-state index is 13.1. The Kier molecular flexibility index (Phi) is 4.40. The predicted octanol–water partition coefficient (Wildman–Crippen LogP) is 3.91. The van der Waals surface area contributed by atoms with Crippen LogP contribution in [0.25, 0.3) is 0 Å². The minimum Gasteiger partial charge on any atom is -0.302 e. The minimum atomic E-state index is -3.76. The minimum absolute atomic E-state index is 0.00347. The van der Waals surface area contributed by atoms with Crippen molar-refractivity contribution in [1.82, 2.24) is 0 Å². The fraction of sp³-hybridized carbons (Fsp3) is 1.00. The van der Waals surface area contributed by atoms with Crippen molar-refractivity contribution in [1.29, 1.82) is 0 Å². The number of halogens is 1. The maximum Gasteiger partial charge on any atom is 0.367 e.